The minimum Gasteiger partial charge on any atom is -0.469 e. The first kappa shape index (κ1) is 14.5. The average Bonchev–Trinajstić information content (AvgIpc) is 2.12. The van der Waals surface area contributed by atoms with Gasteiger partial charge in [0.25, 0.3) is 0 Å². The van der Waals surface area contributed by atoms with Crippen molar-refractivity contribution in [1.29, 1.82) is 0 Å². The summed E-state index contributed by atoms with van der Waals surface area (Å²) in [5.74, 6) is -0.752. The van der Waals surface area contributed by atoms with Crippen LogP contribution in [0.4, 0.5) is 0 Å². The van der Waals surface area contributed by atoms with Gasteiger partial charge in [-0.2, -0.15) is 0 Å². The maximum Gasteiger partial charge on any atom is 0.469 e. The summed E-state index contributed by atoms with van der Waals surface area (Å²) < 4.78 is 18.4. The number of rotatable bonds is 6. The maximum atomic E-state index is 10.6. The van der Waals surface area contributed by atoms with Crippen molar-refractivity contribution in [2.75, 3.05) is 13.7 Å². The Morgan fingerprint density at radius 3 is 2.27 bits per heavy atom. The largest absolute Gasteiger partial charge is 0.469 e. The second-order valence-electron chi connectivity index (χ2n) is 2.70. The van der Waals surface area contributed by atoms with E-state index in [1.165, 1.54) is 0 Å². The van der Waals surface area contributed by atoms with Crippen LogP contribution in [0.1, 0.15) is 6.42 Å². The minimum absolute atomic E-state index is 0.484. The Morgan fingerprint density at radius 1 is 1.33 bits per heavy atom. The van der Waals surface area contributed by atoms with Crippen LogP contribution >= 0.6 is 7.82 Å². The number of esters is 1. The highest BCUT2D eigenvalue weighted by Gasteiger charge is 2.24. The number of ether oxygens (including phenoxy) is 1. The normalized spacial score (nSPS) is 15.8. The van der Waals surface area contributed by atoms with Crippen molar-refractivity contribution < 1.29 is 38.6 Å². The van der Waals surface area contributed by atoms with Crippen LogP contribution in [0.5, 0.6) is 0 Å². The molecule has 0 aromatic rings. The van der Waals surface area contributed by atoms with Crippen LogP contribution in [0.15, 0.2) is 0 Å². The van der Waals surface area contributed by atoms with E-state index >= 15 is 0 Å². The second-order valence-corrected chi connectivity index (χ2v) is 3.94. The highest BCUT2D eigenvalue weighted by atomic mass is 31.2. The van der Waals surface area contributed by atoms with E-state index in [-0.39, 0.29) is 0 Å². The van der Waals surface area contributed by atoms with Crippen molar-refractivity contribution in [2.24, 2.45) is 0 Å². The van der Waals surface area contributed by atoms with Gasteiger partial charge in [-0.05, 0) is 0 Å². The predicted molar refractivity (Wildman–Crippen MR) is 46.6 cm³/mol. The van der Waals surface area contributed by atoms with E-state index in [1.807, 2.05) is 0 Å². The van der Waals surface area contributed by atoms with E-state index in [4.69, 9.17) is 20.0 Å². The van der Waals surface area contributed by atoms with Crippen LogP contribution in [-0.2, 0) is 18.6 Å². The number of phosphoric ester groups is 1. The van der Waals surface area contributed by atoms with Crippen molar-refractivity contribution in [3.05, 3.63) is 0 Å². The summed E-state index contributed by atoms with van der Waals surface area (Å²) in [5, 5.41) is 18.2. The lowest BCUT2D eigenvalue weighted by Crippen LogP contribution is -2.32. The van der Waals surface area contributed by atoms with Crippen LogP contribution in [0.3, 0.4) is 0 Å². The zero-order valence-corrected chi connectivity index (χ0v) is 8.83. The lowest BCUT2D eigenvalue weighted by molar-refractivity contribution is -0.145. The Labute approximate surface area is 85.7 Å². The standard InChI is InChI=1S/C6H13O8P/c1-13-6(9)2-4(7)5(8)3-14-15(10,11)12/h4-5,7-8H,2-3H2,1H3,(H2,10,11,12)/t4-,5+/m0/s1. The molecule has 8 nitrogen and oxygen atoms in total. The highest BCUT2D eigenvalue weighted by molar-refractivity contribution is 7.46. The first-order chi connectivity index (χ1) is 6.76. The third kappa shape index (κ3) is 7.43. The molecule has 0 bridgehead atoms. The topological polar surface area (TPSA) is 134 Å². The molecule has 4 N–H and O–H groups in total. The van der Waals surface area contributed by atoms with E-state index in [0.717, 1.165) is 7.11 Å². The molecule has 0 aliphatic heterocycles. The summed E-state index contributed by atoms with van der Waals surface area (Å²) in [7, 11) is -3.58. The summed E-state index contributed by atoms with van der Waals surface area (Å²) in [6.45, 7) is -0.775. The van der Waals surface area contributed by atoms with Crippen molar-refractivity contribution in [1.82, 2.24) is 0 Å². The molecule has 0 aromatic heterocycles. The number of methoxy groups -OCH3 is 1. The first-order valence-electron chi connectivity index (χ1n) is 3.89. The molecule has 0 saturated carbocycles. The molecular weight excluding hydrogens is 231 g/mol. The van der Waals surface area contributed by atoms with Gasteiger partial charge < -0.3 is 24.7 Å². The molecule has 0 fully saturated rings. The summed E-state index contributed by atoms with van der Waals surface area (Å²) in [6.07, 6.45) is -3.55. The van der Waals surface area contributed by atoms with E-state index < -0.39 is 39.0 Å². The zero-order chi connectivity index (χ0) is 12.1. The van der Waals surface area contributed by atoms with Crippen LogP contribution in [0.2, 0.25) is 0 Å². The molecule has 2 atom stereocenters. The average molecular weight is 244 g/mol. The van der Waals surface area contributed by atoms with Gasteiger partial charge in [0.2, 0.25) is 0 Å². The molecule has 0 spiro atoms. The van der Waals surface area contributed by atoms with Gasteiger partial charge in [-0.25, -0.2) is 4.57 Å². The van der Waals surface area contributed by atoms with E-state index in [9.17, 15) is 9.36 Å². The smallest absolute Gasteiger partial charge is 0.469 e. The molecule has 0 unspecified atom stereocenters. The monoisotopic (exact) mass is 244 g/mol. The number of aliphatic hydroxyl groups is 2. The summed E-state index contributed by atoms with van der Waals surface area (Å²) in [5.41, 5.74) is 0. The Bertz CT molecular complexity index is 248. The van der Waals surface area contributed by atoms with Crippen LogP contribution in [0.25, 0.3) is 0 Å². The molecule has 15 heavy (non-hydrogen) atoms. The molecule has 0 aliphatic rings. The van der Waals surface area contributed by atoms with Crippen molar-refractivity contribution in [3.63, 3.8) is 0 Å². The molecule has 0 saturated heterocycles. The van der Waals surface area contributed by atoms with Crippen LogP contribution in [0, 0.1) is 0 Å². The van der Waals surface area contributed by atoms with E-state index in [2.05, 4.69) is 9.26 Å². The number of hydrogen-bond donors (Lipinski definition) is 4. The second kappa shape index (κ2) is 6.16. The lowest BCUT2D eigenvalue weighted by atomic mass is 10.1. The molecular formula is C6H13O8P. The molecule has 0 aliphatic carbocycles. The number of phosphoric acid groups is 1. The zero-order valence-electron chi connectivity index (χ0n) is 7.94. The lowest BCUT2D eigenvalue weighted by Gasteiger charge is -2.16. The van der Waals surface area contributed by atoms with Gasteiger partial charge in [-0.1, -0.05) is 0 Å². The van der Waals surface area contributed by atoms with Gasteiger partial charge in [-0.3, -0.25) is 9.32 Å². The van der Waals surface area contributed by atoms with Crippen molar-refractivity contribution in [3.8, 4) is 0 Å². The Kier molecular flexibility index (Phi) is 5.96. The first-order valence-corrected chi connectivity index (χ1v) is 5.42. The Hall–Kier alpha value is -0.500. The molecule has 0 heterocycles. The van der Waals surface area contributed by atoms with Crippen LogP contribution in [-0.4, -0.2) is 51.9 Å². The highest BCUT2D eigenvalue weighted by Crippen LogP contribution is 2.35. The van der Waals surface area contributed by atoms with Gasteiger partial charge in [-0.15, -0.1) is 0 Å². The summed E-state index contributed by atoms with van der Waals surface area (Å²) in [6, 6.07) is 0. The number of hydrogen-bond acceptors (Lipinski definition) is 6. The summed E-state index contributed by atoms with van der Waals surface area (Å²) in [4.78, 5) is 27.2. The predicted octanol–water partition coefficient (Wildman–Crippen LogP) is -1.62. The molecule has 90 valence electrons. The summed E-state index contributed by atoms with van der Waals surface area (Å²) >= 11 is 0. The number of carbonyl (C=O) groups excluding carboxylic acids is 1. The molecule has 0 radical (unpaired) electrons. The quantitative estimate of drug-likeness (QED) is 0.323. The van der Waals surface area contributed by atoms with Gasteiger partial charge in [0.1, 0.15) is 6.10 Å². The van der Waals surface area contributed by atoms with E-state index in [0.29, 0.717) is 0 Å². The molecule has 0 aromatic carbocycles. The molecule has 0 amide bonds. The fraction of sp³-hybridized carbons (Fsp3) is 0.833. The van der Waals surface area contributed by atoms with E-state index in [1.54, 1.807) is 0 Å². The third-order valence-electron chi connectivity index (χ3n) is 1.46. The third-order valence-corrected chi connectivity index (χ3v) is 1.95. The molecule has 9 heteroatoms. The number of aliphatic hydroxyl groups excluding tert-OH is 2. The Morgan fingerprint density at radius 2 is 1.87 bits per heavy atom. The maximum absolute atomic E-state index is 10.6. The minimum atomic E-state index is -4.69. The van der Waals surface area contributed by atoms with Gasteiger partial charge in [0.15, 0.2) is 0 Å². The SMILES string of the molecule is COC(=O)C[C@H](O)[C@H](O)COP(=O)(O)O. The molecule has 0 rings (SSSR count). The van der Waals surface area contributed by atoms with Gasteiger partial charge in [0, 0.05) is 0 Å². The fourth-order valence-corrected chi connectivity index (χ4v) is 1.02. The fourth-order valence-electron chi connectivity index (χ4n) is 0.675. The van der Waals surface area contributed by atoms with Gasteiger partial charge in [0.05, 0.1) is 26.2 Å². The van der Waals surface area contributed by atoms with Crippen LogP contribution < -0.4 is 0 Å². The van der Waals surface area contributed by atoms with Crippen molar-refractivity contribution >= 4 is 13.8 Å². The Balaban J connectivity index is 3.94. The number of carbonyl (C=O) groups is 1. The van der Waals surface area contributed by atoms with Crippen molar-refractivity contribution in [2.45, 2.75) is 18.6 Å². The van der Waals surface area contributed by atoms with Gasteiger partial charge >= 0.3 is 13.8 Å².